The van der Waals surface area contributed by atoms with Crippen molar-refractivity contribution in [3.8, 4) is 11.5 Å². The smallest absolute Gasteiger partial charge is 0.497 e. The number of hydrogen-bond donors (Lipinski definition) is 0. The van der Waals surface area contributed by atoms with E-state index in [1.54, 1.807) is 23.1 Å². The van der Waals surface area contributed by atoms with E-state index < -0.39 is 23.2 Å². The Hall–Kier alpha value is -3.76. The highest BCUT2D eigenvalue weighted by atomic mass is 19.4. The molecule has 0 unspecified atom stereocenters. The predicted molar refractivity (Wildman–Crippen MR) is 117 cm³/mol. The molecule has 1 aliphatic rings. The third kappa shape index (κ3) is 4.50. The minimum Gasteiger partial charge on any atom is -0.497 e. The number of likely N-dealkylation sites (tertiary alicyclic amines) is 1. The molecule has 2 aromatic carbocycles. The lowest BCUT2D eigenvalue weighted by molar-refractivity contribution is -0.274. The van der Waals surface area contributed by atoms with Crippen molar-refractivity contribution >= 4 is 16.9 Å². The van der Waals surface area contributed by atoms with Gasteiger partial charge in [-0.15, -0.1) is 13.2 Å². The van der Waals surface area contributed by atoms with E-state index in [1.807, 2.05) is 0 Å². The highest BCUT2D eigenvalue weighted by molar-refractivity contribution is 5.94. The third-order valence-electron chi connectivity index (χ3n) is 5.96. The number of carbonyl (C=O) groups excluding carboxylic acids is 1. The van der Waals surface area contributed by atoms with Crippen LogP contribution in [0.25, 0.3) is 11.0 Å². The van der Waals surface area contributed by atoms with E-state index in [0.29, 0.717) is 42.7 Å². The second-order valence-corrected chi connectivity index (χ2v) is 7.99. The Kier molecular flexibility index (Phi) is 6.11. The van der Waals surface area contributed by atoms with Gasteiger partial charge < -0.3 is 18.9 Å². The molecule has 11 heteroatoms. The molecule has 34 heavy (non-hydrogen) atoms. The predicted octanol–water partition coefficient (Wildman–Crippen LogP) is 3.08. The lowest BCUT2D eigenvalue weighted by atomic mass is 10.0. The van der Waals surface area contributed by atoms with E-state index in [4.69, 9.17) is 4.74 Å². The Bertz CT molecular complexity index is 1340. The van der Waals surface area contributed by atoms with Crippen LogP contribution in [0.2, 0.25) is 0 Å². The number of nitrogens with zero attached hydrogens (tertiary/aromatic N) is 3. The van der Waals surface area contributed by atoms with Gasteiger partial charge in [-0.25, -0.2) is 0 Å². The van der Waals surface area contributed by atoms with Crippen LogP contribution < -0.4 is 20.6 Å². The standard InChI is InChI=1S/C23H22F3N3O5/c1-27-19-13-17(33-2)7-8-18(19)29(22(32)21(27)31)15-9-11-28(12-10-15)20(30)14-3-5-16(6-4-14)34-23(24,25)26/h3-8,13,15H,9-12H2,1-2H3. The first-order valence-electron chi connectivity index (χ1n) is 10.5. The monoisotopic (exact) mass is 477 g/mol. The Morgan fingerprint density at radius 2 is 1.56 bits per heavy atom. The fourth-order valence-corrected chi connectivity index (χ4v) is 4.24. The number of methoxy groups -OCH3 is 1. The molecule has 3 aromatic rings. The average Bonchev–Trinajstić information content (AvgIpc) is 2.82. The van der Waals surface area contributed by atoms with Gasteiger partial charge in [-0.05, 0) is 49.2 Å². The van der Waals surface area contributed by atoms with E-state index in [2.05, 4.69) is 4.74 Å². The largest absolute Gasteiger partial charge is 0.573 e. The van der Waals surface area contributed by atoms with E-state index >= 15 is 0 Å². The van der Waals surface area contributed by atoms with Crippen LogP contribution in [-0.4, -0.2) is 46.5 Å². The molecule has 1 aromatic heterocycles. The van der Waals surface area contributed by atoms with Gasteiger partial charge in [-0.1, -0.05) is 0 Å². The maximum absolute atomic E-state index is 12.9. The van der Waals surface area contributed by atoms with Gasteiger partial charge in [0, 0.05) is 37.8 Å². The number of rotatable bonds is 4. The Morgan fingerprint density at radius 1 is 0.941 bits per heavy atom. The zero-order valence-electron chi connectivity index (χ0n) is 18.5. The molecule has 0 spiro atoms. The van der Waals surface area contributed by atoms with Gasteiger partial charge in [-0.2, -0.15) is 0 Å². The Labute approximate surface area is 191 Å². The molecule has 0 aliphatic carbocycles. The van der Waals surface area contributed by atoms with Crippen molar-refractivity contribution in [1.82, 2.24) is 14.0 Å². The number of aryl methyl sites for hydroxylation is 1. The summed E-state index contributed by atoms with van der Waals surface area (Å²) < 4.78 is 48.8. The zero-order chi connectivity index (χ0) is 24.6. The van der Waals surface area contributed by atoms with Crippen LogP contribution in [0.1, 0.15) is 29.2 Å². The molecular weight excluding hydrogens is 455 g/mol. The lowest BCUT2D eigenvalue weighted by Crippen LogP contribution is -2.45. The van der Waals surface area contributed by atoms with Crippen LogP contribution in [0.4, 0.5) is 13.2 Å². The molecule has 1 aliphatic heterocycles. The fourth-order valence-electron chi connectivity index (χ4n) is 4.24. The van der Waals surface area contributed by atoms with Crippen molar-refractivity contribution < 1.29 is 27.4 Å². The summed E-state index contributed by atoms with van der Waals surface area (Å²) in [6.07, 6.45) is -3.93. The molecule has 1 saturated heterocycles. The van der Waals surface area contributed by atoms with E-state index in [-0.39, 0.29) is 17.5 Å². The SMILES string of the molecule is COc1ccc2c(c1)n(C)c(=O)c(=O)n2C1CCN(C(=O)c2ccc(OC(F)(F)F)cc2)CC1. The Balaban J connectivity index is 1.54. The van der Waals surface area contributed by atoms with Crippen LogP contribution in [0.15, 0.2) is 52.1 Å². The minimum atomic E-state index is -4.81. The highest BCUT2D eigenvalue weighted by Crippen LogP contribution is 2.28. The summed E-state index contributed by atoms with van der Waals surface area (Å²) in [7, 11) is 3.04. The normalized spacial score (nSPS) is 14.9. The number of ether oxygens (including phenoxy) is 2. The van der Waals surface area contributed by atoms with E-state index in [9.17, 15) is 27.6 Å². The van der Waals surface area contributed by atoms with Crippen LogP contribution in [0, 0.1) is 0 Å². The number of halogens is 3. The van der Waals surface area contributed by atoms with Crippen molar-refractivity contribution in [3.63, 3.8) is 0 Å². The maximum atomic E-state index is 12.9. The molecule has 0 N–H and O–H groups in total. The lowest BCUT2D eigenvalue weighted by Gasteiger charge is -2.33. The van der Waals surface area contributed by atoms with Crippen LogP contribution in [0.5, 0.6) is 11.5 Å². The second kappa shape index (κ2) is 8.88. The highest BCUT2D eigenvalue weighted by Gasteiger charge is 2.31. The van der Waals surface area contributed by atoms with Gasteiger partial charge in [0.15, 0.2) is 0 Å². The molecule has 0 radical (unpaired) electrons. The number of carbonyl (C=O) groups is 1. The number of fused-ring (bicyclic) bond motifs is 1. The van der Waals surface area contributed by atoms with Crippen molar-refractivity contribution in [3.05, 3.63) is 68.7 Å². The topological polar surface area (TPSA) is 82.8 Å². The number of alkyl halides is 3. The van der Waals surface area contributed by atoms with Gasteiger partial charge in [0.2, 0.25) is 0 Å². The van der Waals surface area contributed by atoms with E-state index in [0.717, 1.165) is 12.1 Å². The molecule has 2 heterocycles. The summed E-state index contributed by atoms with van der Waals surface area (Å²) in [5.74, 6) is -0.181. The van der Waals surface area contributed by atoms with Crippen LogP contribution >= 0.6 is 0 Å². The molecule has 180 valence electrons. The quantitative estimate of drug-likeness (QED) is 0.540. The average molecular weight is 477 g/mol. The summed E-state index contributed by atoms with van der Waals surface area (Å²) in [5.41, 5.74) is 0.100. The summed E-state index contributed by atoms with van der Waals surface area (Å²) in [6, 6.07) is 9.59. The fraction of sp³-hybridized carbons (Fsp3) is 0.348. The molecule has 0 bridgehead atoms. The zero-order valence-corrected chi connectivity index (χ0v) is 18.5. The van der Waals surface area contributed by atoms with Gasteiger partial charge in [0.25, 0.3) is 5.91 Å². The number of aromatic nitrogens is 2. The van der Waals surface area contributed by atoms with Gasteiger partial charge in [-0.3, -0.25) is 19.0 Å². The van der Waals surface area contributed by atoms with Crippen LogP contribution in [-0.2, 0) is 7.05 Å². The molecule has 0 atom stereocenters. The molecule has 1 amide bonds. The second-order valence-electron chi connectivity index (χ2n) is 7.99. The molecule has 0 saturated carbocycles. The van der Waals surface area contributed by atoms with Gasteiger partial charge >= 0.3 is 17.5 Å². The third-order valence-corrected chi connectivity index (χ3v) is 5.96. The summed E-state index contributed by atoms with van der Waals surface area (Å²) in [5, 5.41) is 0. The maximum Gasteiger partial charge on any atom is 0.573 e. The first kappa shape index (κ1) is 23.4. The van der Waals surface area contributed by atoms with Crippen LogP contribution in [0.3, 0.4) is 0 Å². The van der Waals surface area contributed by atoms with Gasteiger partial charge in [0.05, 0.1) is 18.1 Å². The summed E-state index contributed by atoms with van der Waals surface area (Å²) in [4.78, 5) is 39.8. The minimum absolute atomic E-state index is 0.233. The summed E-state index contributed by atoms with van der Waals surface area (Å²) in [6.45, 7) is 0.646. The van der Waals surface area contributed by atoms with E-state index in [1.165, 1.54) is 35.4 Å². The first-order chi connectivity index (χ1) is 16.1. The molecule has 1 fully saturated rings. The Morgan fingerprint density at radius 3 is 2.15 bits per heavy atom. The molecule has 4 rings (SSSR count). The van der Waals surface area contributed by atoms with Crippen molar-refractivity contribution in [2.24, 2.45) is 7.05 Å². The number of benzene rings is 2. The molecule has 8 nitrogen and oxygen atoms in total. The number of amides is 1. The van der Waals surface area contributed by atoms with Crippen molar-refractivity contribution in [1.29, 1.82) is 0 Å². The number of piperidine rings is 1. The first-order valence-corrected chi connectivity index (χ1v) is 10.5. The van der Waals surface area contributed by atoms with Crippen molar-refractivity contribution in [2.75, 3.05) is 20.2 Å². The number of hydrogen-bond acceptors (Lipinski definition) is 5. The van der Waals surface area contributed by atoms with Gasteiger partial charge in [0.1, 0.15) is 11.5 Å². The summed E-state index contributed by atoms with van der Waals surface area (Å²) >= 11 is 0. The molecular formula is C23H22F3N3O5. The van der Waals surface area contributed by atoms with Crippen molar-refractivity contribution in [2.45, 2.75) is 25.2 Å².